The highest BCUT2D eigenvalue weighted by Crippen LogP contribution is 2.25. The summed E-state index contributed by atoms with van der Waals surface area (Å²) in [6.07, 6.45) is 2.55. The van der Waals surface area contributed by atoms with E-state index in [0.717, 1.165) is 26.1 Å². The van der Waals surface area contributed by atoms with Gasteiger partial charge in [0.25, 0.3) is 0 Å². The third kappa shape index (κ3) is 4.27. The minimum Gasteiger partial charge on any atom is -0.381 e. The maximum atomic E-state index is 13.5. The van der Waals surface area contributed by atoms with Crippen molar-refractivity contribution in [3.63, 3.8) is 0 Å². The van der Waals surface area contributed by atoms with Gasteiger partial charge in [-0.25, -0.2) is 4.39 Å². The third-order valence-corrected chi connectivity index (χ3v) is 4.57. The Morgan fingerprint density at radius 3 is 2.64 bits per heavy atom. The monoisotopic (exact) mass is 308 g/mol. The Balaban J connectivity index is 1.83. The lowest BCUT2D eigenvalue weighted by Crippen LogP contribution is -2.55. The number of halogens is 1. The van der Waals surface area contributed by atoms with Crippen molar-refractivity contribution in [2.75, 3.05) is 33.9 Å². The van der Waals surface area contributed by atoms with Crippen LogP contribution >= 0.6 is 0 Å². The number of hydrogen-bond acceptors (Lipinski definition) is 3. The van der Waals surface area contributed by atoms with E-state index in [1.54, 1.807) is 18.2 Å². The number of carbonyl (C=O) groups is 1. The first-order chi connectivity index (χ1) is 10.5. The largest absolute Gasteiger partial charge is 0.381 e. The zero-order chi connectivity index (χ0) is 16.0. The van der Waals surface area contributed by atoms with Crippen LogP contribution in [0.1, 0.15) is 24.8 Å². The van der Waals surface area contributed by atoms with Crippen molar-refractivity contribution < 1.29 is 13.9 Å². The van der Waals surface area contributed by atoms with Crippen molar-refractivity contribution >= 4 is 5.91 Å². The van der Waals surface area contributed by atoms with Crippen LogP contribution in [0.4, 0.5) is 4.39 Å². The molecule has 0 aliphatic carbocycles. The second kappa shape index (κ2) is 7.70. The lowest BCUT2D eigenvalue weighted by atomic mass is 9.88. The molecule has 22 heavy (non-hydrogen) atoms. The molecule has 0 saturated carbocycles. The highest BCUT2D eigenvalue weighted by molar-refractivity contribution is 5.76. The average Bonchev–Trinajstić information content (AvgIpc) is 2.53. The summed E-state index contributed by atoms with van der Waals surface area (Å²) in [7, 11) is 4.08. The second-order valence-corrected chi connectivity index (χ2v) is 6.10. The molecule has 122 valence electrons. The predicted octanol–water partition coefficient (Wildman–Crippen LogP) is 1.99. The fourth-order valence-corrected chi connectivity index (χ4v) is 2.83. The standard InChI is InChI=1S/C17H25FN2O2/c1-20(2)17(9-11-22-12-10-17)13-19-16(21)8-7-14-5-3-4-6-15(14)18/h3-6H,7-13H2,1-2H3,(H,19,21). The normalized spacial score (nSPS) is 17.5. The Kier molecular flexibility index (Phi) is 5.91. The van der Waals surface area contributed by atoms with Crippen LogP contribution in [0.15, 0.2) is 24.3 Å². The number of aryl methyl sites for hydroxylation is 1. The summed E-state index contributed by atoms with van der Waals surface area (Å²) < 4.78 is 19.0. The van der Waals surface area contributed by atoms with Crippen molar-refractivity contribution in [2.45, 2.75) is 31.2 Å². The van der Waals surface area contributed by atoms with Gasteiger partial charge < -0.3 is 15.0 Å². The Morgan fingerprint density at radius 2 is 2.00 bits per heavy atom. The summed E-state index contributed by atoms with van der Waals surface area (Å²) >= 11 is 0. The van der Waals surface area contributed by atoms with Crippen LogP contribution < -0.4 is 5.32 Å². The Morgan fingerprint density at radius 1 is 1.32 bits per heavy atom. The minimum atomic E-state index is -0.246. The van der Waals surface area contributed by atoms with Gasteiger partial charge in [-0.05, 0) is 45.0 Å². The molecule has 1 aromatic carbocycles. The SMILES string of the molecule is CN(C)C1(CNC(=O)CCc2ccccc2F)CCOCC1. The van der Waals surface area contributed by atoms with Crippen LogP contribution in [-0.2, 0) is 16.0 Å². The summed E-state index contributed by atoms with van der Waals surface area (Å²) in [5.41, 5.74) is 0.553. The van der Waals surface area contributed by atoms with Gasteiger partial charge in [0.1, 0.15) is 5.82 Å². The van der Waals surface area contributed by atoms with Crippen molar-refractivity contribution in [1.29, 1.82) is 0 Å². The molecular formula is C17H25FN2O2. The number of ether oxygens (including phenoxy) is 1. The van der Waals surface area contributed by atoms with E-state index < -0.39 is 0 Å². The number of amides is 1. The smallest absolute Gasteiger partial charge is 0.220 e. The first-order valence-corrected chi connectivity index (χ1v) is 7.79. The van der Waals surface area contributed by atoms with Gasteiger partial charge in [-0.1, -0.05) is 18.2 Å². The lowest BCUT2D eigenvalue weighted by Gasteiger charge is -2.42. The molecule has 1 aliphatic heterocycles. The molecule has 0 bridgehead atoms. The summed E-state index contributed by atoms with van der Waals surface area (Å²) in [6.45, 7) is 2.06. The molecule has 0 unspecified atom stereocenters. The molecule has 0 spiro atoms. The van der Waals surface area contributed by atoms with Gasteiger partial charge in [-0.15, -0.1) is 0 Å². The molecule has 1 heterocycles. The maximum Gasteiger partial charge on any atom is 0.220 e. The molecule has 0 atom stereocenters. The van der Waals surface area contributed by atoms with Gasteiger partial charge in [-0.3, -0.25) is 4.79 Å². The molecule has 4 nitrogen and oxygen atoms in total. The van der Waals surface area contributed by atoms with Gasteiger partial charge in [0.05, 0.1) is 0 Å². The molecule has 0 radical (unpaired) electrons. The number of nitrogens with one attached hydrogen (secondary N) is 1. The van der Waals surface area contributed by atoms with Crippen molar-refractivity contribution in [1.82, 2.24) is 10.2 Å². The van der Waals surface area contributed by atoms with E-state index in [0.29, 0.717) is 24.9 Å². The third-order valence-electron chi connectivity index (χ3n) is 4.57. The average molecular weight is 308 g/mol. The highest BCUT2D eigenvalue weighted by atomic mass is 19.1. The maximum absolute atomic E-state index is 13.5. The van der Waals surface area contributed by atoms with Crippen LogP contribution in [0.3, 0.4) is 0 Å². The molecule has 1 aromatic rings. The molecule has 1 saturated heterocycles. The molecule has 5 heteroatoms. The molecular weight excluding hydrogens is 283 g/mol. The van der Waals surface area contributed by atoms with Gasteiger partial charge >= 0.3 is 0 Å². The van der Waals surface area contributed by atoms with Gasteiger partial charge in [-0.2, -0.15) is 0 Å². The van der Waals surface area contributed by atoms with Crippen LogP contribution in [0.2, 0.25) is 0 Å². The summed E-state index contributed by atoms with van der Waals surface area (Å²) in [4.78, 5) is 14.2. The Bertz CT molecular complexity index is 499. The fraction of sp³-hybridized carbons (Fsp3) is 0.588. The van der Waals surface area contributed by atoms with Gasteiger partial charge in [0, 0.05) is 31.7 Å². The number of carbonyl (C=O) groups excluding carboxylic acids is 1. The second-order valence-electron chi connectivity index (χ2n) is 6.10. The lowest BCUT2D eigenvalue weighted by molar-refractivity contribution is -0.122. The van der Waals surface area contributed by atoms with Crippen LogP contribution in [-0.4, -0.2) is 50.2 Å². The topological polar surface area (TPSA) is 41.6 Å². The zero-order valence-corrected chi connectivity index (χ0v) is 13.4. The first kappa shape index (κ1) is 16.9. The molecule has 1 fully saturated rings. The van der Waals surface area contributed by atoms with Crippen LogP contribution in [0.25, 0.3) is 0 Å². The predicted molar refractivity (Wildman–Crippen MR) is 84.2 cm³/mol. The molecule has 1 amide bonds. The minimum absolute atomic E-state index is 0.0315. The van der Waals surface area contributed by atoms with E-state index in [-0.39, 0.29) is 17.3 Å². The van der Waals surface area contributed by atoms with E-state index in [1.807, 2.05) is 14.1 Å². The van der Waals surface area contributed by atoms with Crippen LogP contribution in [0.5, 0.6) is 0 Å². The Labute approximate surface area is 131 Å². The van der Waals surface area contributed by atoms with E-state index in [1.165, 1.54) is 6.07 Å². The van der Waals surface area contributed by atoms with E-state index in [9.17, 15) is 9.18 Å². The van der Waals surface area contributed by atoms with E-state index in [2.05, 4.69) is 10.2 Å². The van der Waals surface area contributed by atoms with Crippen LogP contribution in [0, 0.1) is 5.82 Å². The van der Waals surface area contributed by atoms with E-state index >= 15 is 0 Å². The van der Waals surface area contributed by atoms with Crippen molar-refractivity contribution in [2.24, 2.45) is 0 Å². The molecule has 1 aliphatic rings. The zero-order valence-electron chi connectivity index (χ0n) is 13.4. The quantitative estimate of drug-likeness (QED) is 0.874. The van der Waals surface area contributed by atoms with E-state index in [4.69, 9.17) is 4.74 Å². The fourth-order valence-electron chi connectivity index (χ4n) is 2.83. The number of nitrogens with zero attached hydrogens (tertiary/aromatic N) is 1. The van der Waals surface area contributed by atoms with Crippen molar-refractivity contribution in [3.05, 3.63) is 35.6 Å². The molecule has 2 rings (SSSR count). The number of likely N-dealkylation sites (N-methyl/N-ethyl adjacent to an activating group) is 1. The Hall–Kier alpha value is -1.46. The summed E-state index contributed by atoms with van der Waals surface area (Å²) in [5.74, 6) is -0.277. The number of rotatable bonds is 6. The highest BCUT2D eigenvalue weighted by Gasteiger charge is 2.34. The number of benzene rings is 1. The summed E-state index contributed by atoms with van der Waals surface area (Å²) in [5, 5.41) is 3.01. The number of hydrogen-bond donors (Lipinski definition) is 1. The van der Waals surface area contributed by atoms with Crippen molar-refractivity contribution in [3.8, 4) is 0 Å². The van der Waals surface area contributed by atoms with Gasteiger partial charge in [0.2, 0.25) is 5.91 Å². The van der Waals surface area contributed by atoms with Gasteiger partial charge in [0.15, 0.2) is 0 Å². The molecule has 1 N–H and O–H groups in total. The molecule has 0 aromatic heterocycles. The summed E-state index contributed by atoms with van der Waals surface area (Å²) in [6, 6.07) is 6.60. The first-order valence-electron chi connectivity index (χ1n) is 7.79.